The minimum Gasteiger partial charge on any atom is -0.463 e. The van der Waals surface area contributed by atoms with E-state index in [1.54, 1.807) is 4.90 Å². The molecule has 0 aliphatic carbocycles. The van der Waals surface area contributed by atoms with Crippen LogP contribution in [0.5, 0.6) is 0 Å². The predicted molar refractivity (Wildman–Crippen MR) is 88.5 cm³/mol. The summed E-state index contributed by atoms with van der Waals surface area (Å²) in [5, 5.41) is 0. The van der Waals surface area contributed by atoms with Gasteiger partial charge < -0.3 is 14.4 Å². The summed E-state index contributed by atoms with van der Waals surface area (Å²) in [6.45, 7) is 6.05. The van der Waals surface area contributed by atoms with Crippen molar-refractivity contribution in [3.63, 3.8) is 0 Å². The zero-order chi connectivity index (χ0) is 17.1. The Hall–Kier alpha value is -2.14. The summed E-state index contributed by atoms with van der Waals surface area (Å²) in [4.78, 5) is 27.4. The molecule has 24 heavy (non-hydrogen) atoms. The lowest BCUT2D eigenvalue weighted by Gasteiger charge is -2.23. The van der Waals surface area contributed by atoms with Crippen LogP contribution < -0.4 is 4.90 Å². The standard InChI is InChI=1S/C19H21NO4/c1-11(2)23-18(22)15-14-8-9-19(24-14)10-20(17(21)16(15)19)13-7-5-4-6-12(13)3/h4-9,11,14-16H,10H2,1-3H3/t14-,15-,16-,19+/m1/s1. The molecule has 1 aromatic carbocycles. The predicted octanol–water partition coefficient (Wildman–Crippen LogP) is 2.23. The highest BCUT2D eigenvalue weighted by Crippen LogP contribution is 2.53. The van der Waals surface area contributed by atoms with E-state index >= 15 is 0 Å². The van der Waals surface area contributed by atoms with Crippen LogP contribution in [0.2, 0.25) is 0 Å². The van der Waals surface area contributed by atoms with Crippen molar-refractivity contribution >= 4 is 17.6 Å². The number of nitrogens with zero attached hydrogens (tertiary/aromatic N) is 1. The van der Waals surface area contributed by atoms with Gasteiger partial charge in [-0.15, -0.1) is 0 Å². The van der Waals surface area contributed by atoms with Gasteiger partial charge in [0.15, 0.2) is 0 Å². The third kappa shape index (κ3) is 2.04. The summed E-state index contributed by atoms with van der Waals surface area (Å²) in [6, 6.07) is 7.78. The molecule has 3 aliphatic rings. The summed E-state index contributed by atoms with van der Waals surface area (Å²) in [5.74, 6) is -1.45. The number of amides is 1. The smallest absolute Gasteiger partial charge is 0.313 e. The van der Waals surface area contributed by atoms with Crippen molar-refractivity contribution in [2.45, 2.75) is 38.6 Å². The van der Waals surface area contributed by atoms with E-state index in [4.69, 9.17) is 9.47 Å². The molecule has 1 amide bonds. The second kappa shape index (κ2) is 5.18. The van der Waals surface area contributed by atoms with Crippen molar-refractivity contribution in [3.8, 4) is 0 Å². The van der Waals surface area contributed by atoms with Crippen LogP contribution in [0.25, 0.3) is 0 Å². The summed E-state index contributed by atoms with van der Waals surface area (Å²) < 4.78 is 11.5. The van der Waals surface area contributed by atoms with Gasteiger partial charge in [-0.25, -0.2) is 0 Å². The van der Waals surface area contributed by atoms with Crippen LogP contribution >= 0.6 is 0 Å². The molecule has 0 saturated carbocycles. The highest BCUT2D eigenvalue weighted by atomic mass is 16.6. The Morgan fingerprint density at radius 1 is 1.38 bits per heavy atom. The van der Waals surface area contributed by atoms with Crippen LogP contribution in [-0.2, 0) is 19.1 Å². The number of carbonyl (C=O) groups is 2. The number of para-hydroxylation sites is 1. The Kier molecular flexibility index (Phi) is 3.32. The topological polar surface area (TPSA) is 55.8 Å². The lowest BCUT2D eigenvalue weighted by atomic mass is 9.77. The fraction of sp³-hybridized carbons (Fsp3) is 0.474. The second-order valence-corrected chi connectivity index (χ2v) is 7.10. The Bertz CT molecular complexity index is 741. The minimum absolute atomic E-state index is 0.0538. The van der Waals surface area contributed by atoms with E-state index < -0.39 is 17.4 Å². The molecule has 2 saturated heterocycles. The van der Waals surface area contributed by atoms with Crippen molar-refractivity contribution < 1.29 is 19.1 Å². The molecule has 0 unspecified atom stereocenters. The molecule has 0 radical (unpaired) electrons. The van der Waals surface area contributed by atoms with E-state index in [1.165, 1.54) is 0 Å². The lowest BCUT2D eigenvalue weighted by Crippen LogP contribution is -2.40. The number of carbonyl (C=O) groups excluding carboxylic acids is 2. The van der Waals surface area contributed by atoms with Crippen molar-refractivity contribution in [2.75, 3.05) is 11.4 Å². The van der Waals surface area contributed by atoms with Crippen LogP contribution in [0, 0.1) is 18.8 Å². The number of rotatable bonds is 3. The number of benzene rings is 1. The number of fused-ring (bicyclic) bond motifs is 1. The summed E-state index contributed by atoms with van der Waals surface area (Å²) >= 11 is 0. The number of hydrogen-bond acceptors (Lipinski definition) is 4. The molecular formula is C19H21NO4. The molecule has 126 valence electrons. The first-order valence-electron chi connectivity index (χ1n) is 8.37. The maximum atomic E-state index is 13.1. The number of anilines is 1. The van der Waals surface area contributed by atoms with Gasteiger partial charge in [0.05, 0.1) is 24.7 Å². The van der Waals surface area contributed by atoms with Crippen molar-refractivity contribution in [2.24, 2.45) is 11.8 Å². The molecule has 4 rings (SSSR count). The van der Waals surface area contributed by atoms with E-state index in [1.807, 2.05) is 57.2 Å². The maximum absolute atomic E-state index is 13.1. The van der Waals surface area contributed by atoms with E-state index in [0.29, 0.717) is 6.54 Å². The highest BCUT2D eigenvalue weighted by molar-refractivity contribution is 6.03. The monoisotopic (exact) mass is 327 g/mol. The quantitative estimate of drug-likeness (QED) is 0.631. The Morgan fingerprint density at radius 2 is 2.12 bits per heavy atom. The maximum Gasteiger partial charge on any atom is 0.313 e. The minimum atomic E-state index is -0.704. The Labute approximate surface area is 141 Å². The molecule has 2 bridgehead atoms. The molecule has 3 heterocycles. The van der Waals surface area contributed by atoms with Gasteiger partial charge in [0.25, 0.3) is 0 Å². The number of aryl methyl sites for hydroxylation is 1. The molecule has 0 N–H and O–H groups in total. The number of hydrogen-bond donors (Lipinski definition) is 0. The molecule has 2 fully saturated rings. The van der Waals surface area contributed by atoms with Crippen molar-refractivity contribution in [1.82, 2.24) is 0 Å². The van der Waals surface area contributed by atoms with Crippen LogP contribution in [0.4, 0.5) is 5.69 Å². The van der Waals surface area contributed by atoms with Crippen LogP contribution in [0.1, 0.15) is 19.4 Å². The second-order valence-electron chi connectivity index (χ2n) is 7.10. The first-order chi connectivity index (χ1) is 11.4. The third-order valence-electron chi connectivity index (χ3n) is 5.13. The SMILES string of the molecule is Cc1ccccc1N1C[C@]23C=C[C@@H](O2)[C@@H](C(=O)OC(C)C)[C@@H]3C1=O. The lowest BCUT2D eigenvalue weighted by molar-refractivity contribution is -0.156. The normalized spacial score (nSPS) is 33.4. The van der Waals surface area contributed by atoms with Gasteiger partial charge in [-0.3, -0.25) is 9.59 Å². The van der Waals surface area contributed by atoms with Gasteiger partial charge in [0, 0.05) is 5.69 Å². The van der Waals surface area contributed by atoms with Crippen LogP contribution in [-0.4, -0.2) is 36.2 Å². The molecule has 1 spiro atoms. The van der Waals surface area contributed by atoms with Gasteiger partial charge in [-0.2, -0.15) is 0 Å². The highest BCUT2D eigenvalue weighted by Gasteiger charge is 2.67. The van der Waals surface area contributed by atoms with Gasteiger partial charge in [0.1, 0.15) is 11.5 Å². The zero-order valence-corrected chi connectivity index (χ0v) is 14.1. The van der Waals surface area contributed by atoms with Gasteiger partial charge >= 0.3 is 5.97 Å². The van der Waals surface area contributed by atoms with E-state index in [2.05, 4.69) is 0 Å². The Balaban J connectivity index is 1.69. The molecule has 0 aromatic heterocycles. The molecule has 5 nitrogen and oxygen atoms in total. The summed E-state index contributed by atoms with van der Waals surface area (Å²) in [6.07, 6.45) is 3.29. The van der Waals surface area contributed by atoms with E-state index in [0.717, 1.165) is 11.3 Å². The van der Waals surface area contributed by atoms with Gasteiger partial charge in [0.2, 0.25) is 5.91 Å². The summed E-state index contributed by atoms with van der Waals surface area (Å²) in [7, 11) is 0. The first-order valence-corrected chi connectivity index (χ1v) is 8.37. The Morgan fingerprint density at radius 3 is 2.83 bits per heavy atom. The zero-order valence-electron chi connectivity index (χ0n) is 14.1. The third-order valence-corrected chi connectivity index (χ3v) is 5.13. The molecule has 4 atom stereocenters. The van der Waals surface area contributed by atoms with E-state index in [-0.39, 0.29) is 24.1 Å². The fourth-order valence-corrected chi connectivity index (χ4v) is 4.15. The van der Waals surface area contributed by atoms with Gasteiger partial charge in [-0.05, 0) is 32.4 Å². The summed E-state index contributed by atoms with van der Waals surface area (Å²) in [5.41, 5.74) is 1.20. The molecule has 1 aromatic rings. The molecular weight excluding hydrogens is 306 g/mol. The van der Waals surface area contributed by atoms with Crippen LogP contribution in [0.15, 0.2) is 36.4 Å². The average molecular weight is 327 g/mol. The first kappa shape index (κ1) is 15.4. The van der Waals surface area contributed by atoms with Crippen LogP contribution in [0.3, 0.4) is 0 Å². The molecule has 5 heteroatoms. The fourth-order valence-electron chi connectivity index (χ4n) is 4.15. The average Bonchev–Trinajstić information content (AvgIpc) is 3.15. The number of ether oxygens (including phenoxy) is 2. The van der Waals surface area contributed by atoms with Crippen molar-refractivity contribution in [1.29, 1.82) is 0 Å². The number of esters is 1. The van der Waals surface area contributed by atoms with Crippen molar-refractivity contribution in [3.05, 3.63) is 42.0 Å². The van der Waals surface area contributed by atoms with E-state index in [9.17, 15) is 9.59 Å². The molecule has 3 aliphatic heterocycles. The van der Waals surface area contributed by atoms with Gasteiger partial charge in [-0.1, -0.05) is 30.4 Å². The largest absolute Gasteiger partial charge is 0.463 e.